The van der Waals surface area contributed by atoms with Gasteiger partial charge in [0.05, 0.1) is 0 Å². The summed E-state index contributed by atoms with van der Waals surface area (Å²) in [6.45, 7) is 2.14. The van der Waals surface area contributed by atoms with Gasteiger partial charge in [0, 0.05) is 28.1 Å². The fourth-order valence-corrected chi connectivity index (χ4v) is 2.19. The van der Waals surface area contributed by atoms with Gasteiger partial charge < -0.3 is 0 Å². The van der Waals surface area contributed by atoms with Crippen molar-refractivity contribution < 1.29 is 0 Å². The van der Waals surface area contributed by atoms with Crippen molar-refractivity contribution >= 4 is 22.5 Å². The maximum atomic E-state index is 4.20. The molecule has 13 heavy (non-hydrogen) atoms. The van der Waals surface area contributed by atoms with E-state index in [1.165, 1.54) is 21.2 Å². The third-order valence-corrected chi connectivity index (χ3v) is 2.93. The van der Waals surface area contributed by atoms with Crippen molar-refractivity contribution in [1.82, 2.24) is 4.98 Å². The largest absolute Gasteiger partial charge is 0.263 e. The second-order valence-corrected chi connectivity index (χ2v) is 3.86. The smallest absolute Gasteiger partial charge is 0.0410 e. The summed E-state index contributed by atoms with van der Waals surface area (Å²) in [5, 5.41) is 2.57. The summed E-state index contributed by atoms with van der Waals surface area (Å²) >= 11 is 1.75. The minimum atomic E-state index is 1.23. The summed E-state index contributed by atoms with van der Waals surface area (Å²) in [5.41, 5.74) is 1.32. The first-order valence-corrected chi connectivity index (χ1v) is 5.42. The van der Waals surface area contributed by atoms with Gasteiger partial charge in [-0.3, -0.25) is 4.98 Å². The molecule has 2 rings (SSSR count). The predicted molar refractivity (Wildman–Crippen MR) is 58.3 cm³/mol. The summed E-state index contributed by atoms with van der Waals surface area (Å²) in [4.78, 5) is 5.46. The van der Waals surface area contributed by atoms with E-state index in [2.05, 4.69) is 36.4 Å². The highest BCUT2D eigenvalue weighted by atomic mass is 32.2. The normalized spacial score (nSPS) is 10.6. The lowest BCUT2D eigenvalue weighted by molar-refractivity contribution is 1.28. The second-order valence-electron chi connectivity index (χ2n) is 3.01. The fraction of sp³-hybridized carbons (Fsp3) is 0.182. The van der Waals surface area contributed by atoms with Crippen LogP contribution in [0.15, 0.2) is 35.5 Å². The summed E-state index contributed by atoms with van der Waals surface area (Å²) < 4.78 is 0. The van der Waals surface area contributed by atoms with Gasteiger partial charge in [0.2, 0.25) is 0 Å². The molecule has 0 N–H and O–H groups in total. The quantitative estimate of drug-likeness (QED) is 0.639. The number of rotatable bonds is 1. The highest BCUT2D eigenvalue weighted by molar-refractivity contribution is 7.98. The fourth-order valence-electron chi connectivity index (χ4n) is 1.54. The summed E-state index contributed by atoms with van der Waals surface area (Å²) in [6, 6.07) is 6.32. The van der Waals surface area contributed by atoms with Crippen molar-refractivity contribution in [1.29, 1.82) is 0 Å². The highest BCUT2D eigenvalue weighted by Gasteiger charge is 2.01. The molecule has 0 amide bonds. The molecule has 0 aliphatic heterocycles. The summed E-state index contributed by atoms with van der Waals surface area (Å²) in [5.74, 6) is 0. The van der Waals surface area contributed by atoms with Crippen molar-refractivity contribution in [3.63, 3.8) is 0 Å². The van der Waals surface area contributed by atoms with Crippen molar-refractivity contribution in [3.05, 3.63) is 36.2 Å². The average Bonchev–Trinajstić information content (AvgIpc) is 2.17. The lowest BCUT2D eigenvalue weighted by Crippen LogP contribution is -1.83. The van der Waals surface area contributed by atoms with Crippen LogP contribution in [0.1, 0.15) is 5.56 Å². The first-order chi connectivity index (χ1) is 6.33. The Kier molecular flexibility index (Phi) is 2.23. The lowest BCUT2D eigenvalue weighted by atomic mass is 10.1. The van der Waals surface area contributed by atoms with E-state index in [-0.39, 0.29) is 0 Å². The second kappa shape index (κ2) is 3.38. The van der Waals surface area contributed by atoms with Crippen LogP contribution >= 0.6 is 11.8 Å². The molecular weight excluding hydrogens is 178 g/mol. The molecule has 2 heteroatoms. The van der Waals surface area contributed by atoms with E-state index >= 15 is 0 Å². The van der Waals surface area contributed by atoms with Gasteiger partial charge in [-0.1, -0.05) is 18.2 Å². The monoisotopic (exact) mass is 189 g/mol. The number of hydrogen-bond donors (Lipinski definition) is 0. The van der Waals surface area contributed by atoms with E-state index in [0.29, 0.717) is 0 Å². The van der Waals surface area contributed by atoms with E-state index in [0.717, 1.165) is 0 Å². The standard InChI is InChI=1S/C11H11NS/c1-8-4-3-5-9-6-12-7-10(13-2)11(8)9/h3-7H,1-2H3. The number of aryl methyl sites for hydroxylation is 1. The molecule has 66 valence electrons. The summed E-state index contributed by atoms with van der Waals surface area (Å²) in [7, 11) is 0. The van der Waals surface area contributed by atoms with Crippen LogP contribution in [0.25, 0.3) is 10.8 Å². The number of hydrogen-bond acceptors (Lipinski definition) is 2. The Morgan fingerprint density at radius 1 is 1.23 bits per heavy atom. The summed E-state index contributed by atoms with van der Waals surface area (Å²) in [6.07, 6.45) is 5.94. The van der Waals surface area contributed by atoms with Gasteiger partial charge in [-0.15, -0.1) is 11.8 Å². The van der Waals surface area contributed by atoms with Crippen molar-refractivity contribution in [3.8, 4) is 0 Å². The maximum absolute atomic E-state index is 4.20. The zero-order chi connectivity index (χ0) is 9.26. The Morgan fingerprint density at radius 3 is 2.85 bits per heavy atom. The Labute approximate surface area is 82.2 Å². The van der Waals surface area contributed by atoms with Crippen LogP contribution in [0.3, 0.4) is 0 Å². The molecule has 0 radical (unpaired) electrons. The molecule has 0 atom stereocenters. The Morgan fingerprint density at radius 2 is 2.08 bits per heavy atom. The molecule has 1 nitrogen and oxygen atoms in total. The number of thioether (sulfide) groups is 1. The predicted octanol–water partition coefficient (Wildman–Crippen LogP) is 3.27. The molecule has 0 spiro atoms. The molecule has 0 bridgehead atoms. The molecule has 2 aromatic rings. The lowest BCUT2D eigenvalue weighted by Gasteiger charge is -2.05. The number of fused-ring (bicyclic) bond motifs is 1. The van der Waals surface area contributed by atoms with Crippen molar-refractivity contribution in [2.45, 2.75) is 11.8 Å². The zero-order valence-electron chi connectivity index (χ0n) is 7.74. The molecule has 0 unspecified atom stereocenters. The topological polar surface area (TPSA) is 12.9 Å². The van der Waals surface area contributed by atoms with Crippen LogP contribution in [0.2, 0.25) is 0 Å². The first-order valence-electron chi connectivity index (χ1n) is 4.20. The Hall–Kier alpha value is -1.02. The number of pyridine rings is 1. The van der Waals surface area contributed by atoms with E-state index < -0.39 is 0 Å². The van der Waals surface area contributed by atoms with Crippen LogP contribution < -0.4 is 0 Å². The van der Waals surface area contributed by atoms with Crippen LogP contribution in [0.4, 0.5) is 0 Å². The van der Waals surface area contributed by atoms with Crippen molar-refractivity contribution in [2.24, 2.45) is 0 Å². The average molecular weight is 189 g/mol. The van der Waals surface area contributed by atoms with Gasteiger partial charge in [0.15, 0.2) is 0 Å². The third kappa shape index (κ3) is 1.42. The van der Waals surface area contributed by atoms with Gasteiger partial charge >= 0.3 is 0 Å². The third-order valence-electron chi connectivity index (χ3n) is 2.18. The molecule has 0 saturated heterocycles. The molecule has 1 heterocycles. The van der Waals surface area contributed by atoms with Crippen LogP contribution in [0.5, 0.6) is 0 Å². The van der Waals surface area contributed by atoms with Gasteiger partial charge in [-0.25, -0.2) is 0 Å². The van der Waals surface area contributed by atoms with Crippen LogP contribution in [-0.2, 0) is 0 Å². The van der Waals surface area contributed by atoms with E-state index in [1.54, 1.807) is 11.8 Å². The molecule has 0 aliphatic carbocycles. The number of nitrogens with zero attached hydrogens (tertiary/aromatic N) is 1. The highest BCUT2D eigenvalue weighted by Crippen LogP contribution is 2.27. The van der Waals surface area contributed by atoms with Gasteiger partial charge in [-0.2, -0.15) is 0 Å². The molecule has 0 aliphatic rings. The molecule has 1 aromatic heterocycles. The molecule has 0 saturated carbocycles. The first kappa shape index (κ1) is 8.57. The van der Waals surface area contributed by atoms with Gasteiger partial charge in [0.25, 0.3) is 0 Å². The van der Waals surface area contributed by atoms with E-state index in [9.17, 15) is 0 Å². The van der Waals surface area contributed by atoms with Crippen molar-refractivity contribution in [2.75, 3.05) is 6.26 Å². The molecule has 1 aromatic carbocycles. The zero-order valence-corrected chi connectivity index (χ0v) is 8.56. The van der Waals surface area contributed by atoms with E-state index in [1.807, 2.05) is 12.4 Å². The molecular formula is C11H11NS. The van der Waals surface area contributed by atoms with Crippen LogP contribution in [0, 0.1) is 6.92 Å². The molecule has 0 fully saturated rings. The van der Waals surface area contributed by atoms with E-state index in [4.69, 9.17) is 0 Å². The Bertz CT molecular complexity index is 432. The van der Waals surface area contributed by atoms with Gasteiger partial charge in [-0.05, 0) is 18.7 Å². The van der Waals surface area contributed by atoms with Crippen LogP contribution in [-0.4, -0.2) is 11.2 Å². The number of benzene rings is 1. The minimum absolute atomic E-state index is 1.23. The SMILES string of the molecule is CSc1cncc2cccc(C)c12. The minimum Gasteiger partial charge on any atom is -0.263 e. The Balaban J connectivity index is 2.87. The van der Waals surface area contributed by atoms with Gasteiger partial charge in [0.1, 0.15) is 0 Å². The number of aromatic nitrogens is 1. The maximum Gasteiger partial charge on any atom is 0.0410 e.